The Labute approximate surface area is 435 Å². The number of amides is 9. The van der Waals surface area contributed by atoms with Crippen LogP contribution in [-0.2, 0) is 67.2 Å². The minimum Gasteiger partial charge on any atom is -0.481 e. The lowest BCUT2D eigenvalue weighted by atomic mass is 10.1. The Morgan fingerprint density at radius 3 is 2.12 bits per heavy atom. The number of hydrogen-bond acceptors (Lipinski definition) is 23. The number of aliphatic hydroxyl groups is 3. The van der Waals surface area contributed by atoms with E-state index in [0.717, 1.165) is 26.5 Å². The van der Waals surface area contributed by atoms with Gasteiger partial charge in [0.25, 0.3) is 5.91 Å². The molecule has 1 aliphatic rings. The lowest BCUT2D eigenvalue weighted by Gasteiger charge is -2.26. The molecule has 76 heavy (non-hydrogen) atoms. The fraction of sp³-hybridized carbons (Fsp3) is 0.590. The Morgan fingerprint density at radius 1 is 0.855 bits per heavy atom. The lowest BCUT2D eigenvalue weighted by Crippen LogP contribution is -2.59. The van der Waals surface area contributed by atoms with Crippen molar-refractivity contribution in [1.29, 1.82) is 0 Å². The number of nitrogens with zero attached hydrogens (tertiary/aromatic N) is 5. The molecule has 37 heteroatoms. The number of nitrogen functional groups attached to an aromatic ring is 1. The summed E-state index contributed by atoms with van der Waals surface area (Å²) in [5.41, 5.74) is 22.0. The predicted molar refractivity (Wildman–Crippen MR) is 261 cm³/mol. The van der Waals surface area contributed by atoms with Gasteiger partial charge in [-0.05, 0) is 45.1 Å². The number of imidazole rings is 1. The van der Waals surface area contributed by atoms with Crippen molar-refractivity contribution < 1.29 is 85.7 Å². The second kappa shape index (κ2) is 29.5. The zero-order valence-electron chi connectivity index (χ0n) is 40.8. The number of carbonyl (C=O) groups is 10. The van der Waals surface area contributed by atoms with Gasteiger partial charge in [0.05, 0.1) is 38.4 Å². The van der Waals surface area contributed by atoms with Gasteiger partial charge < -0.3 is 85.3 Å². The molecule has 0 aliphatic carbocycles. The van der Waals surface area contributed by atoms with Crippen molar-refractivity contribution >= 4 is 105 Å². The third-order valence-electron chi connectivity index (χ3n) is 10.7. The number of aliphatic hydroxyl groups excluding tert-OH is 3. The number of guanidine groups is 1. The van der Waals surface area contributed by atoms with E-state index in [2.05, 4.69) is 51.8 Å². The molecule has 0 saturated carbocycles. The maximum Gasteiger partial charge on any atom is 0.362 e. The fourth-order valence-corrected chi connectivity index (χ4v) is 8.07. The van der Waals surface area contributed by atoms with Crippen molar-refractivity contribution in [2.75, 3.05) is 37.4 Å². The van der Waals surface area contributed by atoms with E-state index in [9.17, 15) is 76.8 Å². The van der Waals surface area contributed by atoms with Crippen molar-refractivity contribution in [3.8, 4) is 0 Å². The van der Waals surface area contributed by atoms with Gasteiger partial charge in [0.1, 0.15) is 66.4 Å². The highest BCUT2D eigenvalue weighted by Gasteiger charge is 2.45. The number of carboxylic acid groups (broad SMARTS) is 1. The third kappa shape index (κ3) is 19.3. The number of aromatic nitrogens is 4. The van der Waals surface area contributed by atoms with Crippen molar-refractivity contribution in [2.45, 2.75) is 113 Å². The zero-order valence-corrected chi connectivity index (χ0v) is 42.4. The Morgan fingerprint density at radius 2 is 1.50 bits per heavy atom. The summed E-state index contributed by atoms with van der Waals surface area (Å²) in [7, 11) is -5.18. The summed E-state index contributed by atoms with van der Waals surface area (Å²) in [5, 5.41) is 56.5. The van der Waals surface area contributed by atoms with Crippen molar-refractivity contribution in [3.63, 3.8) is 0 Å². The van der Waals surface area contributed by atoms with E-state index in [4.69, 9.17) is 31.9 Å². The van der Waals surface area contributed by atoms with E-state index in [1.807, 2.05) is 5.32 Å². The quantitative estimate of drug-likeness (QED) is 0.0140. The number of nitrogens with one attached hydrogen (secondary N) is 8. The molecule has 0 unspecified atom stereocenters. The first-order chi connectivity index (χ1) is 35.7. The SMILES string of the molecule is CSCC[C@H](NC=O)C(=O)N[C@@H](CCCN=C(N)N)C(=O)N[C@H](C(=O)NCC(=O)N[C@@H](CC(N)=O)C(=O)N[C@@H](C)C(=O)N[C@@H](CC(=O)O)C(=O)NS(=O)(=O)OC[C@H]1O[C@@H](n2cnc3c(N)ncnc32)[C@H](O)[C@@H]1O)[C@@H](C)O. The maximum absolute atomic E-state index is 13.5. The number of hydrogen-bond donors (Lipinski definition) is 16. The molecule has 11 atom stereocenters. The highest BCUT2D eigenvalue weighted by Crippen LogP contribution is 2.32. The zero-order chi connectivity index (χ0) is 57.0. The van der Waals surface area contributed by atoms with Crippen LogP contribution in [0.2, 0.25) is 0 Å². The normalized spacial score (nSPS) is 18.9. The number of aliphatic imine (C=N–C) groups is 1. The number of carbonyl (C=O) groups excluding carboxylic acids is 9. The summed E-state index contributed by atoms with van der Waals surface area (Å²) < 4.78 is 38.5. The number of anilines is 1. The van der Waals surface area contributed by atoms with E-state index in [1.54, 1.807) is 6.26 Å². The van der Waals surface area contributed by atoms with E-state index in [-0.39, 0.29) is 48.7 Å². The average Bonchev–Trinajstić information content (AvgIpc) is 3.89. The van der Waals surface area contributed by atoms with Crippen LogP contribution < -0.4 is 64.9 Å². The topological polar surface area (TPSA) is 560 Å². The third-order valence-corrected chi connectivity index (χ3v) is 12.2. The molecule has 1 fully saturated rings. The number of aliphatic carboxylic acids is 1. The van der Waals surface area contributed by atoms with Crippen LogP contribution in [-0.4, -0.2) is 206 Å². The number of fused-ring (bicyclic) bond motifs is 1. The Bertz CT molecular complexity index is 2570. The van der Waals surface area contributed by atoms with Crippen LogP contribution >= 0.6 is 11.8 Å². The minimum atomic E-state index is -5.18. The molecule has 2 aromatic rings. The fourth-order valence-electron chi connectivity index (χ4n) is 6.84. The number of primary amides is 1. The standard InChI is InChI=1S/C39H61N17O18S2/c1-16(32(65)53-21(10-25(61)62)36(69)55-76(71,72)73-12-22-28(63)29(64)38(74-22)56-14-48-27-30(41)46-13-47-31(27)56)50-35(68)20(9-23(40)59)51-24(60)11-45-37(70)26(17(2)58)54-34(67)19(5-4-7-44-39(42)43)52-33(66)18(49-15-57)6-8-75-3/h13-22,26,28-29,38,58,63-64H,4-12H2,1-3H3,(H2,40,59)(H,45,70)(H,49,57)(H,50,68)(H,51,60)(H,52,66)(H,53,65)(H,54,67)(H,55,69)(H,61,62)(H2,41,46,47)(H4,42,43,44)/t16-,17+,18-,19-,20-,21-,22+,26-,28+,29+,38+/m0/s1. The first kappa shape index (κ1) is 62.7. The van der Waals surface area contributed by atoms with Gasteiger partial charge in [0.2, 0.25) is 47.8 Å². The molecular formula is C39H61N17O18S2. The van der Waals surface area contributed by atoms with Crippen LogP contribution in [0.3, 0.4) is 0 Å². The molecule has 9 amide bonds. The van der Waals surface area contributed by atoms with Crippen LogP contribution in [0.15, 0.2) is 17.6 Å². The van der Waals surface area contributed by atoms with E-state index >= 15 is 0 Å². The molecule has 0 aromatic carbocycles. The number of thioether (sulfide) groups is 1. The van der Waals surface area contributed by atoms with E-state index in [1.165, 1.54) is 21.1 Å². The minimum absolute atomic E-state index is 0.0149. The number of carboxylic acids is 1. The summed E-state index contributed by atoms with van der Waals surface area (Å²) in [5.74, 6) is -10.9. The van der Waals surface area contributed by atoms with Gasteiger partial charge in [-0.25, -0.2) is 19.7 Å². The number of ether oxygens (including phenoxy) is 1. The Kier molecular flexibility index (Phi) is 24.3. The molecule has 0 radical (unpaired) electrons. The number of nitrogens with two attached hydrogens (primary N) is 4. The summed E-state index contributed by atoms with van der Waals surface area (Å²) >= 11 is 1.39. The first-order valence-corrected chi connectivity index (χ1v) is 25.4. The van der Waals surface area contributed by atoms with Gasteiger partial charge in [0.15, 0.2) is 23.7 Å². The smallest absolute Gasteiger partial charge is 0.362 e. The molecular weight excluding hydrogens is 1060 g/mol. The molecule has 422 valence electrons. The van der Waals surface area contributed by atoms with Gasteiger partial charge in [-0.3, -0.25) is 61.7 Å². The van der Waals surface area contributed by atoms with Gasteiger partial charge in [0, 0.05) is 6.54 Å². The summed E-state index contributed by atoms with van der Waals surface area (Å²) in [4.78, 5) is 143. The monoisotopic (exact) mass is 1120 g/mol. The molecule has 35 nitrogen and oxygen atoms in total. The predicted octanol–water partition coefficient (Wildman–Crippen LogP) is -9.38. The Balaban J connectivity index is 1.61. The second-order valence-electron chi connectivity index (χ2n) is 16.6. The van der Waals surface area contributed by atoms with Crippen molar-refractivity contribution in [3.05, 3.63) is 12.7 Å². The molecule has 0 spiro atoms. The molecule has 20 N–H and O–H groups in total. The van der Waals surface area contributed by atoms with Crippen LogP contribution in [0.5, 0.6) is 0 Å². The average molecular weight is 1120 g/mol. The van der Waals surface area contributed by atoms with Gasteiger partial charge in [-0.2, -0.15) is 20.2 Å². The molecule has 1 aliphatic heterocycles. The largest absolute Gasteiger partial charge is 0.481 e. The molecule has 0 bridgehead atoms. The van der Waals surface area contributed by atoms with Gasteiger partial charge in [-0.15, -0.1) is 0 Å². The first-order valence-electron chi connectivity index (χ1n) is 22.6. The summed E-state index contributed by atoms with van der Waals surface area (Å²) in [6.45, 7) is 0.163. The second-order valence-corrected chi connectivity index (χ2v) is 18.9. The molecule has 3 heterocycles. The lowest BCUT2D eigenvalue weighted by molar-refractivity contribution is -0.140. The van der Waals surface area contributed by atoms with Gasteiger partial charge in [-0.1, -0.05) is 0 Å². The highest BCUT2D eigenvalue weighted by atomic mass is 32.2. The van der Waals surface area contributed by atoms with E-state index in [0.29, 0.717) is 12.2 Å². The van der Waals surface area contributed by atoms with E-state index < -0.39 is 156 Å². The van der Waals surface area contributed by atoms with Crippen LogP contribution in [0, 0.1) is 0 Å². The van der Waals surface area contributed by atoms with Crippen molar-refractivity contribution in [2.24, 2.45) is 22.2 Å². The van der Waals surface area contributed by atoms with Crippen LogP contribution in [0.4, 0.5) is 5.82 Å². The molecule has 2 aromatic heterocycles. The maximum atomic E-state index is 13.5. The summed E-state index contributed by atoms with van der Waals surface area (Å²) in [6, 6.07) is -9.90. The molecule has 3 rings (SSSR count). The van der Waals surface area contributed by atoms with Crippen LogP contribution in [0.25, 0.3) is 11.2 Å². The highest BCUT2D eigenvalue weighted by molar-refractivity contribution is 7.98. The molecule has 1 saturated heterocycles. The van der Waals surface area contributed by atoms with Crippen LogP contribution in [0.1, 0.15) is 52.2 Å². The van der Waals surface area contributed by atoms with Gasteiger partial charge >= 0.3 is 16.3 Å². The van der Waals surface area contributed by atoms with Crippen molar-refractivity contribution in [1.82, 2.24) is 61.5 Å². The Hall–Kier alpha value is -7.58. The summed E-state index contributed by atoms with van der Waals surface area (Å²) in [6.07, 6.45) is -5.61. The number of rotatable bonds is 32.